The van der Waals surface area contributed by atoms with Crippen molar-refractivity contribution >= 4 is 5.91 Å². The molecule has 0 aromatic heterocycles. The van der Waals surface area contributed by atoms with E-state index in [2.05, 4.69) is 4.90 Å². The Morgan fingerprint density at radius 1 is 1.23 bits per heavy atom. The van der Waals surface area contributed by atoms with Crippen LogP contribution in [0, 0.1) is 5.92 Å². The van der Waals surface area contributed by atoms with Crippen LogP contribution in [-0.2, 0) is 19.0 Å². The Balaban J connectivity index is 1.44. The van der Waals surface area contributed by atoms with Gasteiger partial charge in [0.2, 0.25) is 5.91 Å². The molecule has 0 aliphatic carbocycles. The number of hydrogen-bond donors (Lipinski definition) is 0. The van der Waals surface area contributed by atoms with Gasteiger partial charge in [-0.05, 0) is 19.3 Å². The molecule has 1 amide bonds. The fourth-order valence-electron chi connectivity index (χ4n) is 3.74. The zero-order chi connectivity index (χ0) is 15.6. The van der Waals surface area contributed by atoms with Crippen LogP contribution in [0.4, 0.5) is 0 Å². The van der Waals surface area contributed by atoms with E-state index in [0.29, 0.717) is 18.6 Å². The van der Waals surface area contributed by atoms with Crippen LogP contribution in [0.3, 0.4) is 0 Å². The van der Waals surface area contributed by atoms with E-state index in [1.807, 2.05) is 0 Å². The Morgan fingerprint density at radius 2 is 1.95 bits per heavy atom. The molecule has 3 aliphatic rings. The van der Waals surface area contributed by atoms with Crippen molar-refractivity contribution in [2.75, 3.05) is 60.2 Å². The van der Waals surface area contributed by atoms with Gasteiger partial charge < -0.3 is 19.1 Å². The molecular weight excluding hydrogens is 284 g/mol. The van der Waals surface area contributed by atoms with Crippen molar-refractivity contribution in [2.24, 2.45) is 5.92 Å². The van der Waals surface area contributed by atoms with Gasteiger partial charge in [0, 0.05) is 59.0 Å². The van der Waals surface area contributed by atoms with E-state index in [0.717, 1.165) is 52.2 Å². The molecule has 0 N–H and O–H groups in total. The second-order valence-electron chi connectivity index (χ2n) is 6.95. The third-order valence-corrected chi connectivity index (χ3v) is 5.29. The second-order valence-corrected chi connectivity index (χ2v) is 6.95. The lowest BCUT2D eigenvalue weighted by atomic mass is 9.79. The smallest absolute Gasteiger partial charge is 0.248 e. The van der Waals surface area contributed by atoms with Crippen molar-refractivity contribution < 1.29 is 19.0 Å². The van der Waals surface area contributed by atoms with Crippen molar-refractivity contribution in [3.63, 3.8) is 0 Å². The number of nitrogens with zero attached hydrogens (tertiary/aromatic N) is 2. The Labute approximate surface area is 132 Å². The average molecular weight is 312 g/mol. The summed E-state index contributed by atoms with van der Waals surface area (Å²) in [6.07, 6.45) is 3.31. The number of hydrogen-bond acceptors (Lipinski definition) is 5. The van der Waals surface area contributed by atoms with E-state index >= 15 is 0 Å². The van der Waals surface area contributed by atoms with Gasteiger partial charge in [0.05, 0.1) is 12.2 Å². The summed E-state index contributed by atoms with van der Waals surface area (Å²) in [4.78, 5) is 15.7. The van der Waals surface area contributed by atoms with Gasteiger partial charge in [-0.2, -0.15) is 0 Å². The lowest BCUT2D eigenvalue weighted by molar-refractivity contribution is -0.165. The molecule has 0 aromatic rings. The Kier molecular flexibility index (Phi) is 5.02. The van der Waals surface area contributed by atoms with Crippen LogP contribution in [-0.4, -0.2) is 87.6 Å². The summed E-state index contributed by atoms with van der Waals surface area (Å²) >= 11 is 0. The second kappa shape index (κ2) is 6.83. The molecule has 22 heavy (non-hydrogen) atoms. The molecule has 6 nitrogen and oxygen atoms in total. The van der Waals surface area contributed by atoms with Gasteiger partial charge in [-0.15, -0.1) is 0 Å². The van der Waals surface area contributed by atoms with Crippen molar-refractivity contribution in [3.8, 4) is 0 Å². The number of carbonyl (C=O) groups is 1. The Bertz CT molecular complexity index is 390. The van der Waals surface area contributed by atoms with Crippen LogP contribution in [0.15, 0.2) is 0 Å². The van der Waals surface area contributed by atoms with Gasteiger partial charge in [0.1, 0.15) is 6.61 Å². The minimum atomic E-state index is -0.0283. The molecule has 0 bridgehead atoms. The van der Waals surface area contributed by atoms with E-state index in [9.17, 15) is 4.79 Å². The summed E-state index contributed by atoms with van der Waals surface area (Å²) in [5.41, 5.74) is -0.0283. The van der Waals surface area contributed by atoms with Gasteiger partial charge in [-0.3, -0.25) is 9.69 Å². The number of rotatable bonds is 5. The van der Waals surface area contributed by atoms with Crippen LogP contribution >= 0.6 is 0 Å². The molecule has 1 unspecified atom stereocenters. The highest BCUT2D eigenvalue weighted by atomic mass is 16.5. The maximum absolute atomic E-state index is 11.6. The molecule has 0 saturated carbocycles. The van der Waals surface area contributed by atoms with E-state index in [-0.39, 0.29) is 18.1 Å². The van der Waals surface area contributed by atoms with Crippen molar-refractivity contribution in [1.82, 2.24) is 9.80 Å². The number of amides is 1. The van der Waals surface area contributed by atoms with Crippen LogP contribution < -0.4 is 0 Å². The molecule has 6 heteroatoms. The lowest BCUT2D eigenvalue weighted by Crippen LogP contribution is -2.68. The van der Waals surface area contributed by atoms with Gasteiger partial charge in [0.25, 0.3) is 0 Å². The maximum atomic E-state index is 11.6. The quantitative estimate of drug-likeness (QED) is 0.734. The first kappa shape index (κ1) is 16.2. The monoisotopic (exact) mass is 312 g/mol. The summed E-state index contributed by atoms with van der Waals surface area (Å²) in [5.74, 6) is 0.434. The summed E-state index contributed by atoms with van der Waals surface area (Å²) in [6.45, 7) is 5.39. The van der Waals surface area contributed by atoms with Crippen LogP contribution in [0.1, 0.15) is 19.3 Å². The summed E-state index contributed by atoms with van der Waals surface area (Å²) in [7, 11) is 3.51. The minimum Gasteiger partial charge on any atom is -0.381 e. The molecule has 3 fully saturated rings. The zero-order valence-electron chi connectivity index (χ0n) is 13.8. The molecule has 3 heterocycles. The summed E-state index contributed by atoms with van der Waals surface area (Å²) in [5, 5.41) is 0. The number of likely N-dealkylation sites (N-methyl/N-ethyl adjacent to an activating group) is 1. The Hall–Kier alpha value is -0.690. The highest BCUT2D eigenvalue weighted by Gasteiger charge is 2.54. The minimum absolute atomic E-state index is 0.0189. The summed E-state index contributed by atoms with van der Waals surface area (Å²) < 4.78 is 17.1. The standard InChI is InChI=1S/C16H28N2O4/c1-17(2)15(19)10-21-9-13-3-8-22-16(13)11-18(12-16)14-4-6-20-7-5-14/h13-14H,3-12H2,1-2H3. The van der Waals surface area contributed by atoms with Crippen LogP contribution in [0.5, 0.6) is 0 Å². The largest absolute Gasteiger partial charge is 0.381 e. The molecule has 0 radical (unpaired) electrons. The van der Waals surface area contributed by atoms with E-state index in [1.165, 1.54) is 0 Å². The van der Waals surface area contributed by atoms with Crippen molar-refractivity contribution in [1.29, 1.82) is 0 Å². The molecule has 1 atom stereocenters. The number of carbonyl (C=O) groups excluding carboxylic acids is 1. The highest BCUT2D eigenvalue weighted by Crippen LogP contribution is 2.41. The van der Waals surface area contributed by atoms with Gasteiger partial charge >= 0.3 is 0 Å². The zero-order valence-corrected chi connectivity index (χ0v) is 13.8. The molecule has 1 spiro atoms. The summed E-state index contributed by atoms with van der Waals surface area (Å²) in [6, 6.07) is 0.653. The maximum Gasteiger partial charge on any atom is 0.248 e. The van der Waals surface area contributed by atoms with Crippen LogP contribution in [0.2, 0.25) is 0 Å². The van der Waals surface area contributed by atoms with E-state index in [4.69, 9.17) is 14.2 Å². The molecule has 3 aliphatic heterocycles. The topological polar surface area (TPSA) is 51.2 Å². The molecule has 126 valence electrons. The third kappa shape index (κ3) is 3.30. The first-order valence-corrected chi connectivity index (χ1v) is 8.34. The average Bonchev–Trinajstić information content (AvgIpc) is 2.90. The van der Waals surface area contributed by atoms with Crippen molar-refractivity contribution in [2.45, 2.75) is 30.9 Å². The first-order chi connectivity index (χ1) is 10.6. The Morgan fingerprint density at radius 3 is 2.64 bits per heavy atom. The van der Waals surface area contributed by atoms with Gasteiger partial charge in [-0.1, -0.05) is 0 Å². The first-order valence-electron chi connectivity index (χ1n) is 8.34. The third-order valence-electron chi connectivity index (χ3n) is 5.29. The predicted octanol–water partition coefficient (Wildman–Crippen LogP) is 0.361. The predicted molar refractivity (Wildman–Crippen MR) is 81.7 cm³/mol. The molecule has 0 aromatic carbocycles. The van der Waals surface area contributed by atoms with Crippen molar-refractivity contribution in [3.05, 3.63) is 0 Å². The highest BCUT2D eigenvalue weighted by molar-refractivity contribution is 5.76. The van der Waals surface area contributed by atoms with Gasteiger partial charge in [-0.25, -0.2) is 0 Å². The normalized spacial score (nSPS) is 28.7. The number of ether oxygens (including phenoxy) is 3. The lowest BCUT2D eigenvalue weighted by Gasteiger charge is -2.54. The molecular formula is C16H28N2O4. The van der Waals surface area contributed by atoms with Gasteiger partial charge in [0.15, 0.2) is 0 Å². The fourth-order valence-corrected chi connectivity index (χ4v) is 3.74. The fraction of sp³-hybridized carbons (Fsp3) is 0.938. The molecule has 3 rings (SSSR count). The van der Waals surface area contributed by atoms with Crippen LogP contribution in [0.25, 0.3) is 0 Å². The number of likely N-dealkylation sites (tertiary alicyclic amines) is 1. The van der Waals surface area contributed by atoms with E-state index < -0.39 is 0 Å². The van der Waals surface area contributed by atoms with E-state index in [1.54, 1.807) is 19.0 Å². The molecule has 3 saturated heterocycles. The SMILES string of the molecule is CN(C)C(=O)COCC1CCOC12CN(C1CCOCC1)C2.